The van der Waals surface area contributed by atoms with Crippen LogP contribution in [0.1, 0.15) is 32.3 Å². The van der Waals surface area contributed by atoms with E-state index in [1.807, 2.05) is 6.92 Å². The molecule has 1 heterocycles. The lowest BCUT2D eigenvalue weighted by Gasteiger charge is -2.31. The maximum atomic E-state index is 13.2. The molecule has 0 unspecified atom stereocenters. The Bertz CT molecular complexity index is 1120. The average Bonchev–Trinajstić information content (AvgIpc) is 2.82. The van der Waals surface area contributed by atoms with Gasteiger partial charge in [0.05, 0.1) is 35.5 Å². The zero-order valence-electron chi connectivity index (χ0n) is 19.3. The molecule has 0 aliphatic carbocycles. The third-order valence-electron chi connectivity index (χ3n) is 5.47. The summed E-state index contributed by atoms with van der Waals surface area (Å²) < 4.78 is 38.0. The standard InChI is InChI=1S/C24H29ClN2O6S/c1-3-32-22-12-11-20(15-21(22)25)34(30,31)27-13-5-6-18(16-27)24(29)26-19-9-7-17(8-10-19)14-23(28)33-4-2/h7-12,15,18H,3-6,13-14,16H2,1-2H3,(H,26,29)/t18-/m1/s1. The molecule has 0 aromatic heterocycles. The van der Waals surface area contributed by atoms with Crippen LogP contribution >= 0.6 is 11.6 Å². The van der Waals surface area contributed by atoms with Crippen molar-refractivity contribution in [3.63, 3.8) is 0 Å². The van der Waals surface area contributed by atoms with Gasteiger partial charge in [-0.2, -0.15) is 4.31 Å². The van der Waals surface area contributed by atoms with E-state index in [4.69, 9.17) is 21.1 Å². The Morgan fingerprint density at radius 2 is 1.85 bits per heavy atom. The van der Waals surface area contributed by atoms with Crippen molar-refractivity contribution < 1.29 is 27.5 Å². The van der Waals surface area contributed by atoms with Crippen LogP contribution in [-0.4, -0.2) is 50.9 Å². The SMILES string of the molecule is CCOC(=O)Cc1ccc(NC(=O)[C@@H]2CCCN(S(=O)(=O)c3ccc(OCC)c(Cl)c3)C2)cc1. The summed E-state index contributed by atoms with van der Waals surface area (Å²) in [4.78, 5) is 24.5. The van der Waals surface area contributed by atoms with Gasteiger partial charge in [-0.15, -0.1) is 0 Å². The van der Waals surface area contributed by atoms with Gasteiger partial charge in [-0.05, 0) is 62.6 Å². The fraction of sp³-hybridized carbons (Fsp3) is 0.417. The minimum absolute atomic E-state index is 0.0687. The Morgan fingerprint density at radius 3 is 2.50 bits per heavy atom. The van der Waals surface area contributed by atoms with Crippen LogP contribution in [0.3, 0.4) is 0 Å². The van der Waals surface area contributed by atoms with Gasteiger partial charge in [-0.25, -0.2) is 8.42 Å². The number of carbonyl (C=O) groups is 2. The van der Waals surface area contributed by atoms with Gasteiger partial charge >= 0.3 is 5.97 Å². The number of benzene rings is 2. The quantitative estimate of drug-likeness (QED) is 0.516. The highest BCUT2D eigenvalue weighted by Crippen LogP contribution is 2.30. The Labute approximate surface area is 205 Å². The molecule has 1 amide bonds. The summed E-state index contributed by atoms with van der Waals surface area (Å²) in [5.41, 5.74) is 1.36. The van der Waals surface area contributed by atoms with Gasteiger partial charge in [0.2, 0.25) is 15.9 Å². The summed E-state index contributed by atoms with van der Waals surface area (Å²) in [5, 5.41) is 3.07. The molecule has 0 radical (unpaired) electrons. The first-order chi connectivity index (χ1) is 16.2. The van der Waals surface area contributed by atoms with Crippen molar-refractivity contribution >= 4 is 39.2 Å². The number of piperidine rings is 1. The minimum Gasteiger partial charge on any atom is -0.492 e. The van der Waals surface area contributed by atoms with Crippen molar-refractivity contribution in [2.24, 2.45) is 5.92 Å². The molecule has 1 saturated heterocycles. The van der Waals surface area contributed by atoms with Gasteiger partial charge in [-0.3, -0.25) is 9.59 Å². The molecule has 2 aromatic carbocycles. The van der Waals surface area contributed by atoms with Crippen LogP contribution < -0.4 is 10.1 Å². The van der Waals surface area contributed by atoms with Gasteiger partial charge in [-0.1, -0.05) is 23.7 Å². The van der Waals surface area contributed by atoms with E-state index in [1.54, 1.807) is 37.3 Å². The zero-order chi connectivity index (χ0) is 24.7. The van der Waals surface area contributed by atoms with Gasteiger partial charge in [0.25, 0.3) is 0 Å². The summed E-state index contributed by atoms with van der Waals surface area (Å²) in [6.45, 7) is 4.73. The van der Waals surface area contributed by atoms with Gasteiger partial charge < -0.3 is 14.8 Å². The predicted octanol–water partition coefficient (Wildman–Crippen LogP) is 3.88. The second kappa shape index (κ2) is 11.7. The molecule has 1 fully saturated rings. The van der Waals surface area contributed by atoms with E-state index in [9.17, 15) is 18.0 Å². The van der Waals surface area contributed by atoms with Crippen molar-refractivity contribution in [2.75, 3.05) is 31.6 Å². The fourth-order valence-electron chi connectivity index (χ4n) is 3.77. The van der Waals surface area contributed by atoms with Crippen LogP contribution in [0, 0.1) is 5.92 Å². The molecule has 0 bridgehead atoms. The van der Waals surface area contributed by atoms with Crippen LogP contribution in [0.25, 0.3) is 0 Å². The van der Waals surface area contributed by atoms with E-state index in [2.05, 4.69) is 5.32 Å². The molecule has 1 aliphatic rings. The smallest absolute Gasteiger partial charge is 0.310 e. The summed E-state index contributed by atoms with van der Waals surface area (Å²) >= 11 is 6.18. The monoisotopic (exact) mass is 508 g/mol. The van der Waals surface area contributed by atoms with Gasteiger partial charge in [0.15, 0.2) is 0 Å². The van der Waals surface area contributed by atoms with E-state index < -0.39 is 15.9 Å². The molecule has 34 heavy (non-hydrogen) atoms. The lowest BCUT2D eigenvalue weighted by molar-refractivity contribution is -0.142. The molecule has 1 N–H and O–H groups in total. The molecule has 10 heteroatoms. The number of esters is 1. The molecular weight excluding hydrogens is 480 g/mol. The number of hydrogen-bond donors (Lipinski definition) is 1. The fourth-order valence-corrected chi connectivity index (χ4v) is 5.62. The van der Waals surface area contributed by atoms with Crippen molar-refractivity contribution in [3.05, 3.63) is 53.1 Å². The molecule has 1 atom stereocenters. The summed E-state index contributed by atoms with van der Waals surface area (Å²) in [6, 6.07) is 11.3. The van der Waals surface area contributed by atoms with Crippen LogP contribution in [0.15, 0.2) is 47.4 Å². The van der Waals surface area contributed by atoms with Crippen LogP contribution in [0.2, 0.25) is 5.02 Å². The number of nitrogens with one attached hydrogen (secondary N) is 1. The largest absolute Gasteiger partial charge is 0.492 e. The molecular formula is C24H29ClN2O6S. The number of hydrogen-bond acceptors (Lipinski definition) is 6. The lowest BCUT2D eigenvalue weighted by Crippen LogP contribution is -2.43. The minimum atomic E-state index is -3.81. The molecule has 0 spiro atoms. The third kappa shape index (κ3) is 6.49. The zero-order valence-corrected chi connectivity index (χ0v) is 20.8. The second-order valence-electron chi connectivity index (χ2n) is 7.90. The third-order valence-corrected chi connectivity index (χ3v) is 7.63. The molecule has 184 valence electrons. The van der Waals surface area contributed by atoms with Gasteiger partial charge in [0.1, 0.15) is 5.75 Å². The van der Waals surface area contributed by atoms with Gasteiger partial charge in [0, 0.05) is 18.8 Å². The number of rotatable bonds is 9. The molecule has 8 nitrogen and oxygen atoms in total. The molecule has 3 rings (SSSR count). The van der Waals surface area contributed by atoms with E-state index in [-0.39, 0.29) is 34.8 Å². The lowest BCUT2D eigenvalue weighted by atomic mass is 9.98. The van der Waals surface area contributed by atoms with Crippen LogP contribution in [-0.2, 0) is 30.8 Å². The Kier molecular flexibility index (Phi) is 8.93. The first kappa shape index (κ1) is 26.0. The number of amides is 1. The number of nitrogens with zero attached hydrogens (tertiary/aromatic N) is 1. The predicted molar refractivity (Wildman–Crippen MR) is 130 cm³/mol. The summed E-state index contributed by atoms with van der Waals surface area (Å²) in [6.07, 6.45) is 1.32. The average molecular weight is 509 g/mol. The first-order valence-electron chi connectivity index (χ1n) is 11.2. The van der Waals surface area contributed by atoms with Crippen LogP contribution in [0.4, 0.5) is 5.69 Å². The summed E-state index contributed by atoms with van der Waals surface area (Å²) in [7, 11) is -3.81. The van der Waals surface area contributed by atoms with E-state index in [0.29, 0.717) is 44.0 Å². The molecule has 2 aromatic rings. The number of ether oxygens (including phenoxy) is 2. The topological polar surface area (TPSA) is 102 Å². The Balaban J connectivity index is 1.64. The molecule has 0 saturated carbocycles. The van der Waals surface area contributed by atoms with Crippen molar-refractivity contribution in [3.8, 4) is 5.75 Å². The number of carbonyl (C=O) groups excluding carboxylic acids is 2. The maximum Gasteiger partial charge on any atom is 0.310 e. The Hall–Kier alpha value is -2.62. The number of halogens is 1. The second-order valence-corrected chi connectivity index (χ2v) is 10.2. The van der Waals surface area contributed by atoms with E-state index >= 15 is 0 Å². The van der Waals surface area contributed by atoms with E-state index in [0.717, 1.165) is 5.56 Å². The van der Waals surface area contributed by atoms with Crippen molar-refractivity contribution in [1.82, 2.24) is 4.31 Å². The van der Waals surface area contributed by atoms with Crippen molar-refractivity contribution in [1.29, 1.82) is 0 Å². The molecule has 1 aliphatic heterocycles. The normalized spacial score (nSPS) is 16.6. The highest BCUT2D eigenvalue weighted by Gasteiger charge is 2.33. The highest BCUT2D eigenvalue weighted by atomic mass is 35.5. The number of anilines is 1. The summed E-state index contributed by atoms with van der Waals surface area (Å²) in [5.74, 6) is -0.618. The highest BCUT2D eigenvalue weighted by molar-refractivity contribution is 7.89. The number of sulfonamides is 1. The Morgan fingerprint density at radius 1 is 1.12 bits per heavy atom. The van der Waals surface area contributed by atoms with Crippen molar-refractivity contribution in [2.45, 2.75) is 38.0 Å². The first-order valence-corrected chi connectivity index (χ1v) is 13.0. The van der Waals surface area contributed by atoms with E-state index in [1.165, 1.54) is 16.4 Å². The van der Waals surface area contributed by atoms with Crippen LogP contribution in [0.5, 0.6) is 5.75 Å². The maximum absolute atomic E-state index is 13.2.